The highest BCUT2D eigenvalue weighted by Gasteiger charge is 2.48. The van der Waals surface area contributed by atoms with Crippen molar-refractivity contribution in [1.29, 1.82) is 0 Å². The van der Waals surface area contributed by atoms with Gasteiger partial charge < -0.3 is 5.11 Å². The van der Waals surface area contributed by atoms with Gasteiger partial charge >= 0.3 is 6.18 Å². The van der Waals surface area contributed by atoms with Crippen LogP contribution in [0.2, 0.25) is 0 Å². The van der Waals surface area contributed by atoms with Crippen LogP contribution in [0, 0.1) is 5.92 Å². The molecule has 0 radical (unpaired) electrons. The lowest BCUT2D eigenvalue weighted by atomic mass is 9.82. The minimum atomic E-state index is -4.25. The number of alkyl halides is 3. The Balaban J connectivity index is 2.23. The third-order valence-electron chi connectivity index (χ3n) is 2.99. The first-order valence-electron chi connectivity index (χ1n) is 5.07. The van der Waals surface area contributed by atoms with E-state index >= 15 is 0 Å². The predicted octanol–water partition coefficient (Wildman–Crippen LogP) is 1.54. The average molecular weight is 235 g/mol. The fourth-order valence-electron chi connectivity index (χ4n) is 2.19. The number of aliphatic hydroxyl groups excluding tert-OH is 1. The van der Waals surface area contributed by atoms with Crippen LogP contribution in [0.4, 0.5) is 13.2 Å². The summed E-state index contributed by atoms with van der Waals surface area (Å²) >= 11 is 0. The largest absolute Gasteiger partial charge is 0.393 e. The van der Waals surface area contributed by atoms with Crippen LogP contribution in [0.3, 0.4) is 0 Å². The molecule has 16 heavy (non-hydrogen) atoms. The molecule has 0 bridgehead atoms. The first-order chi connectivity index (χ1) is 7.48. The average Bonchev–Trinajstić information content (AvgIpc) is 2.68. The molecule has 1 aliphatic carbocycles. The molecule has 7 heteroatoms. The van der Waals surface area contributed by atoms with Crippen molar-refractivity contribution in [2.45, 2.75) is 37.6 Å². The lowest BCUT2D eigenvalue weighted by molar-refractivity contribution is -0.199. The van der Waals surface area contributed by atoms with Gasteiger partial charge in [-0.1, -0.05) is 0 Å². The van der Waals surface area contributed by atoms with E-state index in [0.717, 1.165) is 0 Å². The number of aromatic nitrogens is 3. The second-order valence-corrected chi connectivity index (χ2v) is 4.06. The zero-order valence-corrected chi connectivity index (χ0v) is 8.43. The third kappa shape index (κ3) is 2.18. The van der Waals surface area contributed by atoms with Crippen LogP contribution in [0.15, 0.2) is 12.7 Å². The van der Waals surface area contributed by atoms with Crippen LogP contribution in [-0.2, 0) is 0 Å². The molecule has 0 saturated heterocycles. The quantitative estimate of drug-likeness (QED) is 0.803. The summed E-state index contributed by atoms with van der Waals surface area (Å²) < 4.78 is 39.5. The fraction of sp³-hybridized carbons (Fsp3) is 0.778. The molecule has 1 heterocycles. The number of hydrogen-bond acceptors (Lipinski definition) is 3. The Morgan fingerprint density at radius 3 is 2.62 bits per heavy atom. The van der Waals surface area contributed by atoms with Crippen molar-refractivity contribution in [1.82, 2.24) is 14.8 Å². The van der Waals surface area contributed by atoms with E-state index in [1.807, 2.05) is 0 Å². The highest BCUT2D eigenvalue weighted by molar-refractivity contribution is 4.87. The van der Waals surface area contributed by atoms with Gasteiger partial charge in [-0.05, 0) is 19.3 Å². The zero-order chi connectivity index (χ0) is 11.8. The van der Waals surface area contributed by atoms with E-state index in [9.17, 15) is 18.3 Å². The number of hydrogen-bond donors (Lipinski definition) is 1. The van der Waals surface area contributed by atoms with Gasteiger partial charge in [0.15, 0.2) is 0 Å². The molecule has 3 unspecified atom stereocenters. The molecular weight excluding hydrogens is 223 g/mol. The van der Waals surface area contributed by atoms with Gasteiger partial charge in [0.25, 0.3) is 0 Å². The number of halogens is 3. The summed E-state index contributed by atoms with van der Waals surface area (Å²) in [7, 11) is 0. The summed E-state index contributed by atoms with van der Waals surface area (Å²) in [4.78, 5) is 3.64. The molecular formula is C9H12F3N3O. The summed E-state index contributed by atoms with van der Waals surface area (Å²) in [5, 5.41) is 13.2. The van der Waals surface area contributed by atoms with Gasteiger partial charge in [0.1, 0.15) is 12.7 Å². The van der Waals surface area contributed by atoms with Gasteiger partial charge in [0.2, 0.25) is 0 Å². The Morgan fingerprint density at radius 2 is 2.06 bits per heavy atom. The van der Waals surface area contributed by atoms with Gasteiger partial charge in [-0.2, -0.15) is 18.3 Å². The first-order valence-corrected chi connectivity index (χ1v) is 5.07. The highest BCUT2D eigenvalue weighted by atomic mass is 19.4. The highest BCUT2D eigenvalue weighted by Crippen LogP contribution is 2.43. The normalized spacial score (nSPS) is 31.6. The van der Waals surface area contributed by atoms with Crippen molar-refractivity contribution >= 4 is 0 Å². The van der Waals surface area contributed by atoms with Crippen LogP contribution < -0.4 is 0 Å². The second-order valence-electron chi connectivity index (χ2n) is 4.06. The van der Waals surface area contributed by atoms with Gasteiger partial charge in [-0.3, -0.25) is 0 Å². The molecule has 4 nitrogen and oxygen atoms in total. The van der Waals surface area contributed by atoms with Crippen molar-refractivity contribution in [2.75, 3.05) is 0 Å². The Kier molecular flexibility index (Phi) is 2.88. The maximum Gasteiger partial charge on any atom is 0.393 e. The molecule has 0 spiro atoms. The standard InChI is InChI=1S/C9H12F3N3O/c10-9(11,12)7-2-1-6(16)3-8(7)15-5-13-4-14-15/h4-8,16H,1-3H2. The monoisotopic (exact) mass is 235 g/mol. The Bertz CT molecular complexity index is 338. The van der Waals surface area contributed by atoms with Gasteiger partial charge in [-0.15, -0.1) is 0 Å². The van der Waals surface area contributed by atoms with E-state index < -0.39 is 24.2 Å². The van der Waals surface area contributed by atoms with Crippen molar-refractivity contribution in [3.63, 3.8) is 0 Å². The summed E-state index contributed by atoms with van der Waals surface area (Å²) in [5.74, 6) is -1.45. The van der Waals surface area contributed by atoms with Crippen molar-refractivity contribution in [3.05, 3.63) is 12.7 Å². The first kappa shape index (κ1) is 11.4. The van der Waals surface area contributed by atoms with Crippen LogP contribution in [-0.4, -0.2) is 32.2 Å². The molecule has 1 aromatic heterocycles. The van der Waals surface area contributed by atoms with E-state index in [2.05, 4.69) is 10.1 Å². The smallest absolute Gasteiger partial charge is 0.393 e. The summed E-state index contributed by atoms with van der Waals surface area (Å²) in [6.45, 7) is 0. The third-order valence-corrected chi connectivity index (χ3v) is 2.99. The van der Waals surface area contributed by atoms with Gasteiger partial charge in [0.05, 0.1) is 18.1 Å². The van der Waals surface area contributed by atoms with Crippen molar-refractivity contribution in [2.24, 2.45) is 5.92 Å². The maximum atomic E-state index is 12.8. The van der Waals surface area contributed by atoms with Gasteiger partial charge in [0, 0.05) is 0 Å². The van der Waals surface area contributed by atoms with Crippen molar-refractivity contribution in [3.8, 4) is 0 Å². The maximum absolute atomic E-state index is 12.8. The molecule has 1 aromatic rings. The van der Waals surface area contributed by atoms with E-state index in [1.165, 1.54) is 17.3 Å². The molecule has 90 valence electrons. The summed E-state index contributed by atoms with van der Waals surface area (Å²) in [6.07, 6.45) is -2.27. The van der Waals surface area contributed by atoms with Crippen LogP contribution in [0.1, 0.15) is 25.3 Å². The number of aliphatic hydroxyl groups is 1. The van der Waals surface area contributed by atoms with Crippen molar-refractivity contribution < 1.29 is 18.3 Å². The topological polar surface area (TPSA) is 50.9 Å². The van der Waals surface area contributed by atoms with Crippen LogP contribution >= 0.6 is 0 Å². The summed E-state index contributed by atoms with van der Waals surface area (Å²) in [6, 6.07) is -0.841. The predicted molar refractivity (Wildman–Crippen MR) is 48.5 cm³/mol. The number of nitrogens with zero attached hydrogens (tertiary/aromatic N) is 3. The zero-order valence-electron chi connectivity index (χ0n) is 8.43. The Hall–Kier alpha value is -1.11. The second kappa shape index (κ2) is 4.04. The van der Waals surface area contributed by atoms with E-state index in [0.29, 0.717) is 0 Å². The molecule has 0 amide bonds. The van der Waals surface area contributed by atoms with Crippen LogP contribution in [0.25, 0.3) is 0 Å². The molecule has 1 aliphatic rings. The number of rotatable bonds is 1. The SMILES string of the molecule is OC1CCC(C(F)(F)F)C(n2cncn2)C1. The van der Waals surface area contributed by atoms with E-state index in [-0.39, 0.29) is 19.3 Å². The minimum Gasteiger partial charge on any atom is -0.393 e. The van der Waals surface area contributed by atoms with E-state index in [4.69, 9.17) is 0 Å². The minimum absolute atomic E-state index is 0.0603. The Labute approximate surface area is 90.1 Å². The molecule has 1 N–H and O–H groups in total. The molecule has 0 aliphatic heterocycles. The molecule has 1 fully saturated rings. The molecule has 0 aromatic carbocycles. The summed E-state index contributed by atoms with van der Waals surface area (Å²) in [5.41, 5.74) is 0. The van der Waals surface area contributed by atoms with Gasteiger partial charge in [-0.25, -0.2) is 9.67 Å². The Morgan fingerprint density at radius 1 is 1.31 bits per heavy atom. The lowest BCUT2D eigenvalue weighted by Gasteiger charge is -2.35. The van der Waals surface area contributed by atoms with Crippen LogP contribution in [0.5, 0.6) is 0 Å². The molecule has 2 rings (SSSR count). The molecule has 1 saturated carbocycles. The fourth-order valence-corrected chi connectivity index (χ4v) is 2.19. The van der Waals surface area contributed by atoms with E-state index in [1.54, 1.807) is 0 Å². The lowest BCUT2D eigenvalue weighted by Crippen LogP contribution is -2.38. The molecule has 3 atom stereocenters.